The Morgan fingerprint density at radius 2 is 2.03 bits per heavy atom. The van der Waals surface area contributed by atoms with Gasteiger partial charge in [-0.3, -0.25) is 19.3 Å². The number of nitrogens with zero attached hydrogens (tertiary/aromatic N) is 1. The Hall–Kier alpha value is -2.62. The summed E-state index contributed by atoms with van der Waals surface area (Å²) in [6, 6.07) is 4.28. The average Bonchev–Trinajstić information content (AvgIpc) is 2.64. The summed E-state index contributed by atoms with van der Waals surface area (Å²) in [7, 11) is 0. The molecule has 1 atom stereocenters. The summed E-state index contributed by atoms with van der Waals surface area (Å²) in [5, 5.41) is 5.17. The molecule has 2 N–H and O–H groups in total. The zero-order chi connectivity index (χ0) is 21.4. The Kier molecular flexibility index (Phi) is 8.00. The van der Waals surface area contributed by atoms with E-state index >= 15 is 0 Å². The van der Waals surface area contributed by atoms with Gasteiger partial charge in [0.05, 0.1) is 31.1 Å². The number of halogens is 3. The van der Waals surface area contributed by atoms with Crippen LogP contribution >= 0.6 is 0 Å². The molecule has 2 rings (SSSR count). The van der Waals surface area contributed by atoms with E-state index in [0.29, 0.717) is 6.54 Å². The van der Waals surface area contributed by atoms with Gasteiger partial charge in [0.25, 0.3) is 0 Å². The van der Waals surface area contributed by atoms with Crippen molar-refractivity contribution in [2.45, 2.75) is 38.5 Å². The van der Waals surface area contributed by atoms with Gasteiger partial charge in [-0.2, -0.15) is 13.2 Å². The first-order valence-electron chi connectivity index (χ1n) is 9.31. The number of ether oxygens (including phenoxy) is 1. The van der Waals surface area contributed by atoms with Crippen LogP contribution in [0, 0.1) is 0 Å². The van der Waals surface area contributed by atoms with Gasteiger partial charge < -0.3 is 15.4 Å². The summed E-state index contributed by atoms with van der Waals surface area (Å²) in [5.41, 5.74) is -0.717. The smallest absolute Gasteiger partial charge is 0.416 e. The molecule has 0 saturated carbocycles. The fourth-order valence-electron chi connectivity index (χ4n) is 3.11. The van der Waals surface area contributed by atoms with Gasteiger partial charge in [-0.05, 0) is 18.6 Å². The Morgan fingerprint density at radius 3 is 2.72 bits per heavy atom. The monoisotopic (exact) mass is 415 g/mol. The number of carbonyl (C=O) groups is 3. The quantitative estimate of drug-likeness (QED) is 0.628. The summed E-state index contributed by atoms with van der Waals surface area (Å²) >= 11 is 0. The number of nitrogens with one attached hydrogen (secondary N) is 2. The molecular formula is C19H24F3N3O4. The lowest BCUT2D eigenvalue weighted by atomic mass is 10.0. The molecule has 1 aliphatic rings. The fourth-order valence-corrected chi connectivity index (χ4v) is 3.11. The van der Waals surface area contributed by atoms with Gasteiger partial charge in [-0.1, -0.05) is 18.2 Å². The Labute approximate surface area is 166 Å². The molecule has 0 radical (unpaired) electrons. The third-order valence-corrected chi connectivity index (χ3v) is 4.47. The number of hydrogen-bond acceptors (Lipinski definition) is 5. The van der Waals surface area contributed by atoms with Crippen LogP contribution in [0.15, 0.2) is 24.3 Å². The highest BCUT2D eigenvalue weighted by molar-refractivity contribution is 5.89. The van der Waals surface area contributed by atoms with E-state index in [2.05, 4.69) is 10.6 Å². The summed E-state index contributed by atoms with van der Waals surface area (Å²) < 4.78 is 44.5. The van der Waals surface area contributed by atoms with Crippen LogP contribution in [0.25, 0.3) is 0 Å². The van der Waals surface area contributed by atoms with Gasteiger partial charge in [0.1, 0.15) is 0 Å². The fraction of sp³-hybridized carbons (Fsp3) is 0.526. The minimum absolute atomic E-state index is 0.000878. The van der Waals surface area contributed by atoms with Gasteiger partial charge in [0.2, 0.25) is 11.8 Å². The Bertz CT molecular complexity index is 740. The highest BCUT2D eigenvalue weighted by atomic mass is 19.4. The number of rotatable bonds is 8. The van der Waals surface area contributed by atoms with Crippen molar-refractivity contribution < 1.29 is 32.3 Å². The molecule has 1 aliphatic heterocycles. The lowest BCUT2D eigenvalue weighted by Gasteiger charge is -2.35. The van der Waals surface area contributed by atoms with Gasteiger partial charge >= 0.3 is 12.1 Å². The molecule has 1 unspecified atom stereocenters. The number of hydrogen-bond donors (Lipinski definition) is 2. The van der Waals surface area contributed by atoms with Gasteiger partial charge in [-0.15, -0.1) is 0 Å². The Balaban J connectivity index is 2.02. The second kappa shape index (κ2) is 10.2. The van der Waals surface area contributed by atoms with Crippen LogP contribution in [0.5, 0.6) is 0 Å². The third-order valence-electron chi connectivity index (χ3n) is 4.47. The zero-order valence-electron chi connectivity index (χ0n) is 16.1. The highest BCUT2D eigenvalue weighted by Gasteiger charge is 2.36. The topological polar surface area (TPSA) is 87.7 Å². The van der Waals surface area contributed by atoms with E-state index in [4.69, 9.17) is 4.74 Å². The van der Waals surface area contributed by atoms with Crippen LogP contribution in [0.4, 0.5) is 13.2 Å². The number of esters is 1. The molecule has 1 saturated heterocycles. The molecule has 0 spiro atoms. The number of carbonyl (C=O) groups excluding carboxylic acids is 3. The Morgan fingerprint density at radius 1 is 1.31 bits per heavy atom. The summed E-state index contributed by atoms with van der Waals surface area (Å²) in [4.78, 5) is 37.3. The number of benzene rings is 1. The average molecular weight is 415 g/mol. The second-order valence-corrected chi connectivity index (χ2v) is 6.54. The van der Waals surface area contributed by atoms with Crippen molar-refractivity contribution in [2.75, 3.05) is 26.2 Å². The SMILES string of the molecule is CCOC(=O)CCNC(=O)CC1C(=O)NCCN1Cc1ccccc1C(F)(F)F. The van der Waals surface area contributed by atoms with E-state index in [1.807, 2.05) is 0 Å². The van der Waals surface area contributed by atoms with Crippen LogP contribution in [0.2, 0.25) is 0 Å². The van der Waals surface area contributed by atoms with Crippen molar-refractivity contribution in [3.63, 3.8) is 0 Å². The number of amides is 2. The van der Waals surface area contributed by atoms with Crippen LogP contribution in [-0.4, -0.2) is 55.0 Å². The van der Waals surface area contributed by atoms with Crippen LogP contribution in [0.1, 0.15) is 30.9 Å². The minimum Gasteiger partial charge on any atom is -0.466 e. The van der Waals surface area contributed by atoms with Crippen molar-refractivity contribution in [1.82, 2.24) is 15.5 Å². The first-order valence-corrected chi connectivity index (χ1v) is 9.31. The van der Waals surface area contributed by atoms with Crippen molar-refractivity contribution >= 4 is 17.8 Å². The van der Waals surface area contributed by atoms with E-state index in [9.17, 15) is 27.6 Å². The standard InChI is InChI=1S/C19H24F3N3O4/c1-2-29-17(27)7-8-23-16(26)11-15-18(28)24-9-10-25(15)12-13-5-3-4-6-14(13)19(20,21)22/h3-6,15H,2,7-12H2,1H3,(H,23,26)(H,24,28). The van der Waals surface area contributed by atoms with Crippen LogP contribution < -0.4 is 10.6 Å². The number of piperazine rings is 1. The molecule has 2 amide bonds. The molecule has 7 nitrogen and oxygen atoms in total. The third kappa shape index (κ3) is 6.74. The van der Waals surface area contributed by atoms with E-state index in [-0.39, 0.29) is 44.6 Å². The molecule has 1 aromatic carbocycles. The highest BCUT2D eigenvalue weighted by Crippen LogP contribution is 2.32. The molecular weight excluding hydrogens is 391 g/mol. The lowest BCUT2D eigenvalue weighted by Crippen LogP contribution is -2.56. The first-order chi connectivity index (χ1) is 13.7. The summed E-state index contributed by atoms with van der Waals surface area (Å²) in [5.74, 6) is -1.33. The second-order valence-electron chi connectivity index (χ2n) is 6.54. The molecule has 1 aromatic rings. The van der Waals surface area contributed by atoms with Crippen molar-refractivity contribution in [3.8, 4) is 0 Å². The molecule has 0 bridgehead atoms. The molecule has 160 valence electrons. The predicted molar refractivity (Wildman–Crippen MR) is 97.5 cm³/mol. The maximum atomic E-state index is 13.2. The van der Waals surface area contributed by atoms with E-state index in [0.717, 1.165) is 6.07 Å². The molecule has 29 heavy (non-hydrogen) atoms. The van der Waals surface area contributed by atoms with Gasteiger partial charge in [0, 0.05) is 26.2 Å². The first kappa shape index (κ1) is 22.7. The minimum atomic E-state index is -4.51. The van der Waals surface area contributed by atoms with E-state index in [1.54, 1.807) is 11.8 Å². The van der Waals surface area contributed by atoms with Crippen LogP contribution in [0.3, 0.4) is 0 Å². The van der Waals surface area contributed by atoms with Crippen molar-refractivity contribution in [3.05, 3.63) is 35.4 Å². The van der Waals surface area contributed by atoms with Crippen molar-refractivity contribution in [1.29, 1.82) is 0 Å². The largest absolute Gasteiger partial charge is 0.466 e. The summed E-state index contributed by atoms with van der Waals surface area (Å²) in [6.45, 7) is 2.46. The normalized spacial score (nSPS) is 17.5. The number of alkyl halides is 3. The van der Waals surface area contributed by atoms with Gasteiger partial charge in [-0.25, -0.2) is 0 Å². The zero-order valence-corrected chi connectivity index (χ0v) is 16.1. The van der Waals surface area contributed by atoms with Crippen molar-refractivity contribution in [2.24, 2.45) is 0 Å². The summed E-state index contributed by atoms with van der Waals surface area (Å²) in [6.07, 6.45) is -4.73. The molecule has 0 aliphatic carbocycles. The maximum Gasteiger partial charge on any atom is 0.416 e. The molecule has 1 heterocycles. The van der Waals surface area contributed by atoms with E-state index < -0.39 is 35.6 Å². The predicted octanol–water partition coefficient (Wildman–Crippen LogP) is 1.47. The lowest BCUT2D eigenvalue weighted by molar-refractivity contribution is -0.143. The van der Waals surface area contributed by atoms with Gasteiger partial charge in [0.15, 0.2) is 0 Å². The molecule has 1 fully saturated rings. The molecule has 0 aromatic heterocycles. The van der Waals surface area contributed by atoms with E-state index in [1.165, 1.54) is 18.2 Å². The molecule has 10 heteroatoms. The van der Waals surface area contributed by atoms with Crippen LogP contribution in [-0.2, 0) is 31.8 Å². The maximum absolute atomic E-state index is 13.2.